The number of guanidine groups is 1. The zero-order valence-corrected chi connectivity index (χ0v) is 18.8. The summed E-state index contributed by atoms with van der Waals surface area (Å²) in [5, 5.41) is 6.08. The summed E-state index contributed by atoms with van der Waals surface area (Å²) in [6, 6.07) is 3.73. The van der Waals surface area contributed by atoms with Gasteiger partial charge >= 0.3 is 0 Å². The van der Waals surface area contributed by atoms with E-state index in [-0.39, 0.29) is 42.1 Å². The van der Waals surface area contributed by atoms with Crippen LogP contribution >= 0.6 is 24.0 Å². The van der Waals surface area contributed by atoms with Crippen LogP contribution in [0.5, 0.6) is 0 Å². The Hall–Kier alpha value is -1.46. The van der Waals surface area contributed by atoms with Crippen molar-refractivity contribution in [2.75, 3.05) is 45.2 Å². The maximum Gasteiger partial charge on any atom is 0.227 e. The normalized spacial score (nSPS) is 22.5. The molecule has 1 aromatic heterocycles. The fraction of sp³-hybridized carbons (Fsp3) is 0.632. The number of nitrogens with one attached hydrogen (secondary N) is 2. The van der Waals surface area contributed by atoms with Crippen LogP contribution in [-0.2, 0) is 14.3 Å². The summed E-state index contributed by atoms with van der Waals surface area (Å²) in [6.07, 6.45) is 4.49. The monoisotopic (exact) mass is 503 g/mol. The number of hydrogen-bond acceptors (Lipinski definition) is 5. The SMILES string of the molecule is CN=C(NCCC(=O)Nc1ccc(C)cn1)N1CCOC(C2CCCO2)C1.I. The lowest BCUT2D eigenvalue weighted by atomic mass is 10.1. The summed E-state index contributed by atoms with van der Waals surface area (Å²) in [4.78, 5) is 22.8. The van der Waals surface area contributed by atoms with Crippen LogP contribution < -0.4 is 10.6 Å². The third-order valence-electron chi connectivity index (χ3n) is 4.80. The van der Waals surface area contributed by atoms with Gasteiger partial charge in [-0.05, 0) is 31.4 Å². The lowest BCUT2D eigenvalue weighted by Crippen LogP contribution is -2.53. The number of aryl methyl sites for hydroxylation is 1. The highest BCUT2D eigenvalue weighted by atomic mass is 127. The maximum atomic E-state index is 12.1. The van der Waals surface area contributed by atoms with E-state index in [1.807, 2.05) is 13.0 Å². The van der Waals surface area contributed by atoms with Crippen molar-refractivity contribution < 1.29 is 14.3 Å². The zero-order chi connectivity index (χ0) is 19.1. The van der Waals surface area contributed by atoms with E-state index in [0.29, 0.717) is 25.4 Å². The van der Waals surface area contributed by atoms with Crippen molar-refractivity contribution in [3.8, 4) is 0 Å². The zero-order valence-electron chi connectivity index (χ0n) is 16.5. The Kier molecular flexibility index (Phi) is 9.39. The van der Waals surface area contributed by atoms with Gasteiger partial charge in [-0.25, -0.2) is 4.98 Å². The number of ether oxygens (including phenoxy) is 2. The summed E-state index contributed by atoms with van der Waals surface area (Å²) >= 11 is 0. The van der Waals surface area contributed by atoms with Crippen LogP contribution in [0.2, 0.25) is 0 Å². The topological polar surface area (TPSA) is 88.1 Å². The van der Waals surface area contributed by atoms with Gasteiger partial charge in [0.1, 0.15) is 11.9 Å². The molecule has 2 unspecified atom stereocenters. The van der Waals surface area contributed by atoms with Gasteiger partial charge in [-0.3, -0.25) is 9.79 Å². The molecule has 156 valence electrons. The van der Waals surface area contributed by atoms with Crippen LogP contribution in [0.3, 0.4) is 0 Å². The van der Waals surface area contributed by atoms with E-state index in [0.717, 1.165) is 44.1 Å². The molecule has 0 saturated carbocycles. The van der Waals surface area contributed by atoms with E-state index >= 15 is 0 Å². The predicted molar refractivity (Wildman–Crippen MR) is 119 cm³/mol. The highest BCUT2D eigenvalue weighted by molar-refractivity contribution is 14.0. The first-order valence-electron chi connectivity index (χ1n) is 9.57. The Morgan fingerprint density at radius 2 is 2.14 bits per heavy atom. The van der Waals surface area contributed by atoms with Crippen LogP contribution in [0.1, 0.15) is 24.8 Å². The Balaban J connectivity index is 0.00000280. The van der Waals surface area contributed by atoms with Gasteiger partial charge < -0.3 is 25.0 Å². The molecule has 2 fully saturated rings. The van der Waals surface area contributed by atoms with Crippen LogP contribution in [0.15, 0.2) is 23.3 Å². The minimum Gasteiger partial charge on any atom is -0.375 e. The first-order chi connectivity index (χ1) is 13.2. The second-order valence-corrected chi connectivity index (χ2v) is 6.90. The average Bonchev–Trinajstić information content (AvgIpc) is 3.22. The molecule has 3 heterocycles. The standard InChI is InChI=1S/C19H29N5O3.HI/c1-14-5-6-17(22-12-14)23-18(25)7-8-21-19(20-2)24-9-11-27-16(13-24)15-4-3-10-26-15;/h5-6,12,15-16H,3-4,7-11,13H2,1-2H3,(H,20,21)(H,22,23,25);1H. The number of amides is 1. The first kappa shape index (κ1) is 22.8. The molecule has 2 aliphatic rings. The molecular weight excluding hydrogens is 473 g/mol. The Bertz CT molecular complexity index is 649. The van der Waals surface area contributed by atoms with Crippen molar-refractivity contribution in [2.24, 2.45) is 4.99 Å². The Labute approximate surface area is 183 Å². The van der Waals surface area contributed by atoms with Gasteiger partial charge in [0.25, 0.3) is 0 Å². The van der Waals surface area contributed by atoms with E-state index in [9.17, 15) is 4.79 Å². The van der Waals surface area contributed by atoms with Gasteiger partial charge in [-0.15, -0.1) is 24.0 Å². The van der Waals surface area contributed by atoms with Gasteiger partial charge in [-0.2, -0.15) is 0 Å². The summed E-state index contributed by atoms with van der Waals surface area (Å²) in [5.74, 6) is 1.29. The third kappa shape index (κ3) is 6.56. The van der Waals surface area contributed by atoms with Gasteiger partial charge in [0.05, 0.1) is 12.7 Å². The molecule has 0 aliphatic carbocycles. The summed E-state index contributed by atoms with van der Waals surface area (Å²) < 4.78 is 11.6. The van der Waals surface area contributed by atoms with Crippen molar-refractivity contribution in [2.45, 2.75) is 38.4 Å². The molecule has 2 aliphatic heterocycles. The van der Waals surface area contributed by atoms with Gasteiger partial charge in [0.2, 0.25) is 5.91 Å². The smallest absolute Gasteiger partial charge is 0.227 e. The number of hydrogen-bond donors (Lipinski definition) is 2. The Morgan fingerprint density at radius 1 is 1.32 bits per heavy atom. The van der Waals surface area contributed by atoms with Gasteiger partial charge in [-0.1, -0.05) is 6.07 Å². The molecule has 28 heavy (non-hydrogen) atoms. The number of anilines is 1. The highest BCUT2D eigenvalue weighted by Crippen LogP contribution is 2.21. The molecule has 2 saturated heterocycles. The lowest BCUT2D eigenvalue weighted by Gasteiger charge is -2.37. The van der Waals surface area contributed by atoms with Crippen molar-refractivity contribution >= 4 is 41.7 Å². The number of pyridine rings is 1. The second kappa shape index (κ2) is 11.5. The van der Waals surface area contributed by atoms with Crippen LogP contribution in [0.4, 0.5) is 5.82 Å². The minimum atomic E-state index is -0.0754. The van der Waals surface area contributed by atoms with Crippen LogP contribution in [-0.4, -0.2) is 73.9 Å². The van der Waals surface area contributed by atoms with Gasteiger partial charge in [0.15, 0.2) is 5.96 Å². The second-order valence-electron chi connectivity index (χ2n) is 6.90. The number of rotatable bonds is 5. The van der Waals surface area contributed by atoms with Crippen LogP contribution in [0.25, 0.3) is 0 Å². The first-order valence-corrected chi connectivity index (χ1v) is 9.57. The predicted octanol–water partition coefficient (Wildman–Crippen LogP) is 1.79. The van der Waals surface area contributed by atoms with E-state index in [1.54, 1.807) is 19.3 Å². The molecule has 0 aromatic carbocycles. The number of carbonyl (C=O) groups is 1. The molecule has 0 spiro atoms. The molecule has 1 aromatic rings. The van der Waals surface area contributed by atoms with E-state index < -0.39 is 0 Å². The molecule has 3 rings (SSSR count). The lowest BCUT2D eigenvalue weighted by molar-refractivity contribution is -0.116. The van der Waals surface area contributed by atoms with Crippen LogP contribution in [0, 0.1) is 6.92 Å². The number of nitrogens with zero attached hydrogens (tertiary/aromatic N) is 3. The fourth-order valence-electron chi connectivity index (χ4n) is 3.36. The fourth-order valence-corrected chi connectivity index (χ4v) is 3.36. The highest BCUT2D eigenvalue weighted by Gasteiger charge is 2.32. The molecule has 8 nitrogen and oxygen atoms in total. The number of aromatic nitrogens is 1. The van der Waals surface area contributed by atoms with Crippen molar-refractivity contribution in [3.05, 3.63) is 23.9 Å². The van der Waals surface area contributed by atoms with Crippen molar-refractivity contribution in [1.29, 1.82) is 0 Å². The van der Waals surface area contributed by atoms with E-state index in [1.165, 1.54) is 0 Å². The summed E-state index contributed by atoms with van der Waals surface area (Å²) in [5.41, 5.74) is 1.06. The molecule has 0 radical (unpaired) electrons. The Morgan fingerprint density at radius 3 is 2.82 bits per heavy atom. The van der Waals surface area contributed by atoms with E-state index in [2.05, 4.69) is 25.5 Å². The molecule has 2 atom stereocenters. The van der Waals surface area contributed by atoms with E-state index in [4.69, 9.17) is 9.47 Å². The number of halogens is 1. The quantitative estimate of drug-likeness (QED) is 0.362. The minimum absolute atomic E-state index is 0. The molecule has 9 heteroatoms. The average molecular weight is 503 g/mol. The van der Waals surface area contributed by atoms with Crippen molar-refractivity contribution in [3.63, 3.8) is 0 Å². The summed E-state index contributed by atoms with van der Waals surface area (Å²) in [6.45, 7) is 5.48. The number of morpholine rings is 1. The molecule has 0 bridgehead atoms. The molecule has 1 amide bonds. The summed E-state index contributed by atoms with van der Waals surface area (Å²) in [7, 11) is 1.76. The largest absolute Gasteiger partial charge is 0.375 e. The van der Waals surface area contributed by atoms with Crippen molar-refractivity contribution in [1.82, 2.24) is 15.2 Å². The molecular formula is C19H30IN5O3. The molecule has 2 N–H and O–H groups in total. The van der Waals surface area contributed by atoms with Gasteiger partial charge in [0, 0.05) is 45.9 Å². The third-order valence-corrected chi connectivity index (χ3v) is 4.80. The maximum absolute atomic E-state index is 12.1. The number of carbonyl (C=O) groups excluding carboxylic acids is 1. The number of aliphatic imine (C=N–C) groups is 1.